The van der Waals surface area contributed by atoms with Crippen molar-refractivity contribution in [3.05, 3.63) is 206 Å². The third-order valence-electron chi connectivity index (χ3n) is 12.4. The third kappa shape index (κ3) is 4.91. The van der Waals surface area contributed by atoms with Gasteiger partial charge in [-0.2, -0.15) is 0 Å². The molecule has 4 heteroatoms. The summed E-state index contributed by atoms with van der Waals surface area (Å²) in [6.07, 6.45) is 0. The van der Waals surface area contributed by atoms with Crippen LogP contribution in [0.4, 0.5) is 0 Å². The zero-order valence-corrected chi connectivity index (χ0v) is 32.4. The molecule has 0 aliphatic rings. The van der Waals surface area contributed by atoms with E-state index in [-0.39, 0.29) is 0 Å². The Morgan fingerprint density at radius 1 is 0.283 bits per heavy atom. The molecule has 10 aromatic carbocycles. The second-order valence-electron chi connectivity index (χ2n) is 15.8. The van der Waals surface area contributed by atoms with Crippen molar-refractivity contribution in [1.82, 2.24) is 19.1 Å². The standard InChI is InChI=1S/C56H34N4/c1-2-15-43-35(12-1)24-25-36-26-27-38(33-48(36)43)55-47-19-3-7-20-50(47)57-56(58-55)39-13-11-14-41(30-39)60-53-23-10-6-18-46(53)49-32-37-28-29-42(31-40(37)34-54(49)60)59-51-21-8-4-16-44(51)45-17-5-9-22-52(45)59/h1-34H. The molecule has 0 amide bonds. The molecule has 13 aromatic rings. The summed E-state index contributed by atoms with van der Waals surface area (Å²) in [6.45, 7) is 0. The third-order valence-corrected chi connectivity index (χ3v) is 12.4. The van der Waals surface area contributed by atoms with Gasteiger partial charge in [-0.25, -0.2) is 9.97 Å². The van der Waals surface area contributed by atoms with Gasteiger partial charge in [0.2, 0.25) is 0 Å². The minimum Gasteiger partial charge on any atom is -0.309 e. The predicted octanol–water partition coefficient (Wildman–Crippen LogP) is 14.6. The Hall–Kier alpha value is -8.08. The van der Waals surface area contributed by atoms with E-state index in [2.05, 4.69) is 215 Å². The van der Waals surface area contributed by atoms with Crippen molar-refractivity contribution >= 4 is 86.8 Å². The zero-order chi connectivity index (χ0) is 39.3. The highest BCUT2D eigenvalue weighted by Gasteiger charge is 2.18. The van der Waals surface area contributed by atoms with E-state index < -0.39 is 0 Å². The number of fused-ring (bicyclic) bond motifs is 11. The molecule has 0 saturated heterocycles. The van der Waals surface area contributed by atoms with E-state index in [9.17, 15) is 0 Å². The van der Waals surface area contributed by atoms with Crippen LogP contribution in [0.1, 0.15) is 0 Å². The predicted molar refractivity (Wildman–Crippen MR) is 252 cm³/mol. The number of para-hydroxylation sites is 4. The number of benzene rings is 10. The van der Waals surface area contributed by atoms with Gasteiger partial charge >= 0.3 is 0 Å². The number of aromatic nitrogens is 4. The summed E-state index contributed by atoms with van der Waals surface area (Å²) in [4.78, 5) is 10.6. The first-order valence-corrected chi connectivity index (χ1v) is 20.5. The number of rotatable bonds is 4. The minimum absolute atomic E-state index is 0.700. The Morgan fingerprint density at radius 2 is 0.867 bits per heavy atom. The lowest BCUT2D eigenvalue weighted by Gasteiger charge is -2.13. The van der Waals surface area contributed by atoms with Crippen molar-refractivity contribution in [3.8, 4) is 34.0 Å². The van der Waals surface area contributed by atoms with Crippen LogP contribution in [0.5, 0.6) is 0 Å². The topological polar surface area (TPSA) is 35.6 Å². The molecule has 0 radical (unpaired) electrons. The van der Waals surface area contributed by atoms with E-state index in [0.717, 1.165) is 50.1 Å². The molecule has 0 spiro atoms. The molecule has 0 unspecified atom stereocenters. The van der Waals surface area contributed by atoms with Crippen molar-refractivity contribution in [1.29, 1.82) is 0 Å². The molecule has 60 heavy (non-hydrogen) atoms. The van der Waals surface area contributed by atoms with Crippen molar-refractivity contribution in [2.75, 3.05) is 0 Å². The maximum atomic E-state index is 5.37. The summed E-state index contributed by atoms with van der Waals surface area (Å²) in [5.74, 6) is 0.700. The molecule has 0 N–H and O–H groups in total. The minimum atomic E-state index is 0.700. The van der Waals surface area contributed by atoms with E-state index in [1.54, 1.807) is 0 Å². The maximum Gasteiger partial charge on any atom is 0.160 e. The lowest BCUT2D eigenvalue weighted by atomic mass is 9.97. The first kappa shape index (κ1) is 32.9. The van der Waals surface area contributed by atoms with Crippen LogP contribution in [0, 0.1) is 0 Å². The fraction of sp³-hybridized carbons (Fsp3) is 0. The highest BCUT2D eigenvalue weighted by molar-refractivity contribution is 6.15. The van der Waals surface area contributed by atoms with Gasteiger partial charge in [0.05, 0.1) is 33.3 Å². The Balaban J connectivity index is 0.991. The lowest BCUT2D eigenvalue weighted by molar-refractivity contribution is 1.17. The molecular formula is C56H34N4. The molecule has 0 atom stereocenters. The second-order valence-corrected chi connectivity index (χ2v) is 15.8. The van der Waals surface area contributed by atoms with Crippen molar-refractivity contribution < 1.29 is 0 Å². The van der Waals surface area contributed by atoms with Crippen LogP contribution in [0.2, 0.25) is 0 Å². The number of nitrogens with zero attached hydrogens (tertiary/aromatic N) is 4. The molecule has 0 aliphatic carbocycles. The van der Waals surface area contributed by atoms with Gasteiger partial charge in [-0.15, -0.1) is 0 Å². The highest BCUT2D eigenvalue weighted by Crippen LogP contribution is 2.39. The summed E-state index contributed by atoms with van der Waals surface area (Å²) < 4.78 is 4.79. The quantitative estimate of drug-likeness (QED) is 0.167. The van der Waals surface area contributed by atoms with Crippen LogP contribution < -0.4 is 0 Å². The van der Waals surface area contributed by atoms with Crippen LogP contribution in [0.25, 0.3) is 121 Å². The van der Waals surface area contributed by atoms with Crippen LogP contribution in [-0.4, -0.2) is 19.1 Å². The van der Waals surface area contributed by atoms with Crippen LogP contribution in [0.15, 0.2) is 206 Å². The van der Waals surface area contributed by atoms with Gasteiger partial charge in [0, 0.05) is 49.4 Å². The van der Waals surface area contributed by atoms with Crippen LogP contribution >= 0.6 is 0 Å². The van der Waals surface area contributed by atoms with E-state index in [1.165, 1.54) is 64.9 Å². The summed E-state index contributed by atoms with van der Waals surface area (Å²) in [6, 6.07) is 74.5. The molecule has 0 aliphatic heterocycles. The van der Waals surface area contributed by atoms with Gasteiger partial charge in [0.15, 0.2) is 5.82 Å². The van der Waals surface area contributed by atoms with Gasteiger partial charge < -0.3 is 9.13 Å². The fourth-order valence-electron chi connectivity index (χ4n) is 9.68. The van der Waals surface area contributed by atoms with Crippen LogP contribution in [-0.2, 0) is 0 Å². The molecule has 4 nitrogen and oxygen atoms in total. The molecular weight excluding hydrogens is 729 g/mol. The van der Waals surface area contributed by atoms with Crippen molar-refractivity contribution in [2.45, 2.75) is 0 Å². The number of hydrogen-bond acceptors (Lipinski definition) is 2. The van der Waals surface area contributed by atoms with E-state index in [1.807, 2.05) is 0 Å². The molecule has 13 rings (SSSR count). The van der Waals surface area contributed by atoms with Crippen LogP contribution in [0.3, 0.4) is 0 Å². The van der Waals surface area contributed by atoms with Gasteiger partial charge in [-0.05, 0) is 99.0 Å². The smallest absolute Gasteiger partial charge is 0.160 e. The molecule has 0 fully saturated rings. The average molecular weight is 763 g/mol. The van der Waals surface area contributed by atoms with Gasteiger partial charge in [0.25, 0.3) is 0 Å². The molecule has 278 valence electrons. The summed E-state index contributed by atoms with van der Waals surface area (Å²) in [5.41, 5.74) is 10.8. The van der Waals surface area contributed by atoms with E-state index >= 15 is 0 Å². The number of hydrogen-bond donors (Lipinski definition) is 0. The summed E-state index contributed by atoms with van der Waals surface area (Å²) in [5, 5.41) is 13.3. The second kappa shape index (κ2) is 12.7. The van der Waals surface area contributed by atoms with Gasteiger partial charge in [-0.3, -0.25) is 0 Å². The van der Waals surface area contributed by atoms with Gasteiger partial charge in [0.1, 0.15) is 0 Å². The molecule has 0 bridgehead atoms. The normalized spacial score (nSPS) is 12.0. The Bertz CT molecular complexity index is 3850. The summed E-state index contributed by atoms with van der Waals surface area (Å²) >= 11 is 0. The molecule has 3 heterocycles. The maximum absolute atomic E-state index is 5.37. The Morgan fingerprint density at radius 3 is 1.63 bits per heavy atom. The average Bonchev–Trinajstić information content (AvgIpc) is 3.82. The Labute approximate surface area is 344 Å². The summed E-state index contributed by atoms with van der Waals surface area (Å²) in [7, 11) is 0. The van der Waals surface area contributed by atoms with E-state index in [4.69, 9.17) is 9.97 Å². The zero-order valence-electron chi connectivity index (χ0n) is 32.4. The monoisotopic (exact) mass is 762 g/mol. The molecule has 0 saturated carbocycles. The lowest BCUT2D eigenvalue weighted by Crippen LogP contribution is -1.98. The van der Waals surface area contributed by atoms with Crippen molar-refractivity contribution in [3.63, 3.8) is 0 Å². The first-order chi connectivity index (χ1) is 29.7. The van der Waals surface area contributed by atoms with Crippen molar-refractivity contribution in [2.24, 2.45) is 0 Å². The fourth-order valence-corrected chi connectivity index (χ4v) is 9.68. The molecule has 3 aromatic heterocycles. The van der Waals surface area contributed by atoms with E-state index in [0.29, 0.717) is 5.82 Å². The van der Waals surface area contributed by atoms with Gasteiger partial charge in [-0.1, -0.05) is 140 Å². The SMILES string of the molecule is c1cc(-c2nc(-c3ccc4ccc5ccccc5c4c3)c3ccccc3n2)cc(-n2c3ccccc3c3cc4ccc(-n5c6ccccc6c6ccccc65)cc4cc32)c1. The first-order valence-electron chi connectivity index (χ1n) is 20.5. The Kier molecular flexibility index (Phi) is 6.98. The highest BCUT2D eigenvalue weighted by atomic mass is 15.0. The largest absolute Gasteiger partial charge is 0.309 e.